The van der Waals surface area contributed by atoms with Crippen LogP contribution in [0.3, 0.4) is 0 Å². The monoisotopic (exact) mass is 361 g/mol. The second-order valence-corrected chi connectivity index (χ2v) is 7.62. The molecule has 0 spiro atoms. The van der Waals surface area contributed by atoms with Crippen LogP contribution in [0, 0.1) is 0 Å². The van der Waals surface area contributed by atoms with E-state index in [1.54, 1.807) is 18.2 Å². The lowest BCUT2D eigenvalue weighted by atomic mass is 10.1. The van der Waals surface area contributed by atoms with Gasteiger partial charge in [0.25, 0.3) is 5.56 Å². The molecule has 0 N–H and O–H groups in total. The number of pyridine rings is 1. The fourth-order valence-corrected chi connectivity index (χ4v) is 4.08. The van der Waals surface area contributed by atoms with Gasteiger partial charge < -0.3 is 0 Å². The molecular formula is C14H14F3N3O3S. The van der Waals surface area contributed by atoms with Crippen LogP contribution < -0.4 is 5.56 Å². The van der Waals surface area contributed by atoms with Crippen molar-refractivity contribution in [3.63, 3.8) is 0 Å². The maximum atomic E-state index is 12.5. The Morgan fingerprint density at radius 3 is 2.71 bits per heavy atom. The van der Waals surface area contributed by atoms with Gasteiger partial charge in [0, 0.05) is 25.7 Å². The van der Waals surface area contributed by atoms with Crippen LogP contribution in [0.4, 0.5) is 13.2 Å². The molecule has 6 nitrogen and oxygen atoms in total. The minimum atomic E-state index is -4.54. The van der Waals surface area contributed by atoms with E-state index in [0.717, 1.165) is 4.31 Å². The van der Waals surface area contributed by atoms with E-state index in [1.165, 1.54) is 10.6 Å². The van der Waals surface area contributed by atoms with Gasteiger partial charge in [0.2, 0.25) is 10.0 Å². The van der Waals surface area contributed by atoms with Crippen LogP contribution in [0.15, 0.2) is 29.2 Å². The van der Waals surface area contributed by atoms with Crippen molar-refractivity contribution >= 4 is 15.7 Å². The van der Waals surface area contributed by atoms with Crippen molar-refractivity contribution in [1.82, 2.24) is 13.7 Å². The average Bonchev–Trinajstić information content (AvgIpc) is 2.52. The first kappa shape index (κ1) is 16.9. The van der Waals surface area contributed by atoms with Crippen LogP contribution in [0.2, 0.25) is 0 Å². The Bertz CT molecular complexity index is 938. The van der Waals surface area contributed by atoms with Crippen molar-refractivity contribution in [2.24, 2.45) is 0 Å². The molecule has 10 heteroatoms. The third-order valence-corrected chi connectivity index (χ3v) is 5.70. The van der Waals surface area contributed by atoms with E-state index >= 15 is 0 Å². The second kappa shape index (κ2) is 5.85. The number of sulfonamides is 1. The molecule has 0 saturated heterocycles. The molecule has 2 aromatic rings. The van der Waals surface area contributed by atoms with Gasteiger partial charge in [-0.05, 0) is 12.1 Å². The van der Waals surface area contributed by atoms with Crippen LogP contribution in [-0.4, -0.2) is 40.6 Å². The fraction of sp³-hybridized carbons (Fsp3) is 0.429. The standard InChI is InChI=1S/C14H14F3N3O3S/c15-14(16,17)5-8-24(22,23)19-7-4-11-10(9-19)13(21)20-6-2-1-3-12(20)18-11/h1-3,6H,4-5,7-9H2. The molecule has 0 bridgehead atoms. The van der Waals surface area contributed by atoms with Gasteiger partial charge in [-0.15, -0.1) is 0 Å². The molecule has 3 rings (SSSR count). The van der Waals surface area contributed by atoms with Gasteiger partial charge in [-0.2, -0.15) is 17.5 Å². The van der Waals surface area contributed by atoms with Gasteiger partial charge in [-0.25, -0.2) is 13.4 Å². The Hall–Kier alpha value is -1.94. The molecule has 1 aliphatic heterocycles. The molecular weight excluding hydrogens is 347 g/mol. The van der Waals surface area contributed by atoms with Crippen LogP contribution in [0.5, 0.6) is 0 Å². The first-order chi connectivity index (χ1) is 11.2. The highest BCUT2D eigenvalue weighted by Gasteiger charge is 2.34. The molecule has 2 aromatic heterocycles. The third kappa shape index (κ3) is 3.29. The summed E-state index contributed by atoms with van der Waals surface area (Å²) in [4.78, 5) is 16.8. The highest BCUT2D eigenvalue weighted by atomic mass is 32.2. The van der Waals surface area contributed by atoms with E-state index in [4.69, 9.17) is 0 Å². The number of fused-ring (bicyclic) bond motifs is 2. The van der Waals surface area contributed by atoms with Gasteiger partial charge in [-0.3, -0.25) is 9.20 Å². The zero-order valence-corrected chi connectivity index (χ0v) is 13.3. The topological polar surface area (TPSA) is 71.8 Å². The summed E-state index contributed by atoms with van der Waals surface area (Å²) in [6.45, 7) is -0.234. The van der Waals surface area contributed by atoms with Gasteiger partial charge in [-0.1, -0.05) is 6.07 Å². The molecule has 0 fully saturated rings. The number of alkyl halides is 3. The van der Waals surface area contributed by atoms with Crippen LogP contribution in [0.25, 0.3) is 5.65 Å². The molecule has 0 radical (unpaired) electrons. The Kier molecular flexibility index (Phi) is 4.12. The first-order valence-electron chi connectivity index (χ1n) is 7.21. The van der Waals surface area contributed by atoms with Crippen molar-refractivity contribution in [2.45, 2.75) is 25.6 Å². The maximum Gasteiger partial charge on any atom is 0.390 e. The van der Waals surface area contributed by atoms with E-state index in [-0.39, 0.29) is 25.1 Å². The highest BCUT2D eigenvalue weighted by Crippen LogP contribution is 2.23. The summed E-state index contributed by atoms with van der Waals surface area (Å²) in [5.41, 5.74) is 0.759. The van der Waals surface area contributed by atoms with Crippen molar-refractivity contribution in [1.29, 1.82) is 0 Å². The molecule has 24 heavy (non-hydrogen) atoms. The maximum absolute atomic E-state index is 12.5. The van der Waals surface area contributed by atoms with E-state index < -0.39 is 33.9 Å². The Labute approximate surface area is 135 Å². The molecule has 0 unspecified atom stereocenters. The van der Waals surface area contributed by atoms with E-state index in [1.807, 2.05) is 0 Å². The predicted octanol–water partition coefficient (Wildman–Crippen LogP) is 1.33. The SMILES string of the molecule is O=c1c2c(nc3ccccn13)CCN(S(=O)(=O)CCC(F)(F)F)C2. The summed E-state index contributed by atoms with van der Waals surface area (Å²) in [6.07, 6.45) is -4.24. The van der Waals surface area contributed by atoms with E-state index in [9.17, 15) is 26.4 Å². The molecule has 0 aliphatic carbocycles. The van der Waals surface area contributed by atoms with Crippen molar-refractivity contribution in [3.05, 3.63) is 46.0 Å². The van der Waals surface area contributed by atoms with Crippen LogP contribution in [0.1, 0.15) is 17.7 Å². The van der Waals surface area contributed by atoms with Crippen LogP contribution in [-0.2, 0) is 23.0 Å². The predicted molar refractivity (Wildman–Crippen MR) is 80.0 cm³/mol. The summed E-state index contributed by atoms with van der Waals surface area (Å²) < 4.78 is 63.3. The third-order valence-electron chi connectivity index (χ3n) is 3.88. The lowest BCUT2D eigenvalue weighted by molar-refractivity contribution is -0.130. The Morgan fingerprint density at radius 2 is 2.00 bits per heavy atom. The zero-order valence-electron chi connectivity index (χ0n) is 12.5. The second-order valence-electron chi connectivity index (χ2n) is 5.54. The average molecular weight is 361 g/mol. The summed E-state index contributed by atoms with van der Waals surface area (Å²) in [6, 6.07) is 5.03. The Morgan fingerprint density at radius 1 is 1.25 bits per heavy atom. The number of rotatable bonds is 3. The molecule has 1 aliphatic rings. The summed E-state index contributed by atoms with van der Waals surface area (Å²) in [7, 11) is -4.09. The highest BCUT2D eigenvalue weighted by molar-refractivity contribution is 7.89. The Balaban J connectivity index is 1.92. The van der Waals surface area contributed by atoms with Crippen molar-refractivity contribution in [3.8, 4) is 0 Å². The molecule has 0 amide bonds. The number of hydrogen-bond acceptors (Lipinski definition) is 4. The lowest BCUT2D eigenvalue weighted by Crippen LogP contribution is -2.41. The number of hydrogen-bond donors (Lipinski definition) is 0. The van der Waals surface area contributed by atoms with Gasteiger partial charge in [0.15, 0.2) is 0 Å². The summed E-state index contributed by atoms with van der Waals surface area (Å²) in [5, 5.41) is 0. The van der Waals surface area contributed by atoms with E-state index in [0.29, 0.717) is 11.3 Å². The van der Waals surface area contributed by atoms with Crippen LogP contribution >= 0.6 is 0 Å². The zero-order chi connectivity index (χ0) is 17.5. The number of nitrogens with zero attached hydrogens (tertiary/aromatic N) is 3. The molecule has 3 heterocycles. The molecule has 0 saturated carbocycles. The number of halogens is 3. The minimum Gasteiger partial charge on any atom is -0.269 e. The molecule has 130 valence electrons. The quantitative estimate of drug-likeness (QED) is 0.827. The molecule has 0 atom stereocenters. The lowest BCUT2D eigenvalue weighted by Gasteiger charge is -2.27. The van der Waals surface area contributed by atoms with Crippen molar-refractivity contribution in [2.75, 3.05) is 12.3 Å². The van der Waals surface area contributed by atoms with Gasteiger partial charge in [0.05, 0.1) is 23.4 Å². The minimum absolute atomic E-state index is 0.0165. The molecule has 0 aromatic carbocycles. The van der Waals surface area contributed by atoms with Crippen molar-refractivity contribution < 1.29 is 21.6 Å². The fourth-order valence-electron chi connectivity index (χ4n) is 2.63. The number of aromatic nitrogens is 2. The van der Waals surface area contributed by atoms with E-state index in [2.05, 4.69) is 4.98 Å². The van der Waals surface area contributed by atoms with Gasteiger partial charge in [0.1, 0.15) is 5.65 Å². The largest absolute Gasteiger partial charge is 0.390 e. The normalized spacial score (nSPS) is 16.3. The van der Waals surface area contributed by atoms with Gasteiger partial charge >= 0.3 is 6.18 Å². The summed E-state index contributed by atoms with van der Waals surface area (Å²) >= 11 is 0. The summed E-state index contributed by atoms with van der Waals surface area (Å²) in [5.74, 6) is -1.02. The first-order valence-corrected chi connectivity index (χ1v) is 8.82. The smallest absolute Gasteiger partial charge is 0.269 e.